The fourth-order valence-corrected chi connectivity index (χ4v) is 2.64. The highest BCUT2D eigenvalue weighted by molar-refractivity contribution is 4.84. The van der Waals surface area contributed by atoms with Gasteiger partial charge in [0.15, 0.2) is 0 Å². The van der Waals surface area contributed by atoms with Crippen molar-refractivity contribution in [3.63, 3.8) is 0 Å². The molecule has 96 valence electrons. The summed E-state index contributed by atoms with van der Waals surface area (Å²) in [5, 5.41) is 0. The second kappa shape index (κ2) is 7.25. The van der Waals surface area contributed by atoms with Crippen LogP contribution in [0.15, 0.2) is 0 Å². The molecule has 0 bridgehead atoms. The van der Waals surface area contributed by atoms with Crippen LogP contribution in [-0.4, -0.2) is 43.8 Å². The third-order valence-corrected chi connectivity index (χ3v) is 3.58. The van der Waals surface area contributed by atoms with E-state index in [0.29, 0.717) is 12.1 Å². The lowest BCUT2D eigenvalue weighted by Gasteiger charge is -2.40. The molecule has 0 aromatic rings. The molecule has 3 nitrogen and oxygen atoms in total. The van der Waals surface area contributed by atoms with Crippen molar-refractivity contribution in [2.45, 2.75) is 51.7 Å². The van der Waals surface area contributed by atoms with E-state index in [0.717, 1.165) is 12.5 Å². The van der Waals surface area contributed by atoms with Crippen molar-refractivity contribution in [2.75, 3.05) is 26.7 Å². The molecular formula is C13H28N2O. The smallest absolute Gasteiger partial charge is 0.0577 e. The minimum atomic E-state index is 0.419. The van der Waals surface area contributed by atoms with Crippen LogP contribution in [0.5, 0.6) is 0 Å². The number of piperidine rings is 1. The van der Waals surface area contributed by atoms with Crippen molar-refractivity contribution in [2.24, 2.45) is 11.7 Å². The Morgan fingerprint density at radius 3 is 2.56 bits per heavy atom. The largest absolute Gasteiger partial charge is 0.381 e. The summed E-state index contributed by atoms with van der Waals surface area (Å²) in [6.45, 7) is 7.60. The third-order valence-electron chi connectivity index (χ3n) is 3.58. The predicted molar refractivity (Wildman–Crippen MR) is 68.5 cm³/mol. The van der Waals surface area contributed by atoms with Crippen molar-refractivity contribution < 1.29 is 4.74 Å². The normalized spacial score (nSPS) is 34.9. The van der Waals surface area contributed by atoms with Gasteiger partial charge in [0, 0.05) is 26.2 Å². The Labute approximate surface area is 100 Å². The molecule has 2 N–H and O–H groups in total. The molecule has 2 aliphatic rings. The van der Waals surface area contributed by atoms with Crippen LogP contribution in [0.4, 0.5) is 0 Å². The van der Waals surface area contributed by atoms with Crippen molar-refractivity contribution in [3.05, 3.63) is 0 Å². The number of hydrogen-bond acceptors (Lipinski definition) is 3. The Morgan fingerprint density at radius 1 is 1.31 bits per heavy atom. The molecule has 2 fully saturated rings. The zero-order valence-electron chi connectivity index (χ0n) is 11.1. The monoisotopic (exact) mass is 228 g/mol. The minimum Gasteiger partial charge on any atom is -0.381 e. The standard InChI is InChI=1S/C11H22N2O.C2H6/c1-14-11-5-9(6-11)7-13-4-2-3-10(12)8-13;1-2/h9-11H,2-8,12H2,1H3;1-2H3/t9?,10-,11?;/m0./s1. The van der Waals surface area contributed by atoms with Gasteiger partial charge in [-0.05, 0) is 38.1 Å². The Kier molecular flexibility index (Phi) is 6.32. The lowest BCUT2D eigenvalue weighted by Crippen LogP contribution is -2.47. The number of nitrogens with zero attached hydrogens (tertiary/aromatic N) is 1. The fourth-order valence-electron chi connectivity index (χ4n) is 2.64. The van der Waals surface area contributed by atoms with Crippen LogP contribution in [-0.2, 0) is 4.74 Å². The molecule has 0 aromatic carbocycles. The number of ether oxygens (including phenoxy) is 1. The molecule has 1 aliphatic heterocycles. The second-order valence-electron chi connectivity index (χ2n) is 4.86. The first-order valence-corrected chi connectivity index (χ1v) is 6.78. The van der Waals surface area contributed by atoms with Crippen LogP contribution >= 0.6 is 0 Å². The molecule has 16 heavy (non-hydrogen) atoms. The predicted octanol–water partition coefficient (Wildman–Crippen LogP) is 1.86. The summed E-state index contributed by atoms with van der Waals surface area (Å²) in [5.41, 5.74) is 5.95. The van der Waals surface area contributed by atoms with Gasteiger partial charge in [-0.15, -0.1) is 0 Å². The average molecular weight is 228 g/mol. The Morgan fingerprint density at radius 2 is 2.00 bits per heavy atom. The SMILES string of the molecule is CC.COC1CC(CN2CCC[C@H](N)C2)C1. The number of likely N-dealkylation sites (tertiary alicyclic amines) is 1. The van der Waals surface area contributed by atoms with Crippen molar-refractivity contribution in [3.8, 4) is 0 Å². The number of hydrogen-bond donors (Lipinski definition) is 1. The average Bonchev–Trinajstić information content (AvgIpc) is 2.26. The van der Waals surface area contributed by atoms with E-state index in [2.05, 4.69) is 4.90 Å². The molecule has 0 aromatic heterocycles. The molecule has 1 saturated carbocycles. The van der Waals surface area contributed by atoms with Gasteiger partial charge < -0.3 is 15.4 Å². The van der Waals surface area contributed by atoms with Gasteiger partial charge in [-0.2, -0.15) is 0 Å². The maximum Gasteiger partial charge on any atom is 0.0577 e. The van der Waals surface area contributed by atoms with Crippen molar-refractivity contribution in [1.29, 1.82) is 0 Å². The van der Waals surface area contributed by atoms with E-state index < -0.39 is 0 Å². The van der Waals surface area contributed by atoms with Crippen molar-refractivity contribution >= 4 is 0 Å². The van der Waals surface area contributed by atoms with Gasteiger partial charge in [0.05, 0.1) is 6.10 Å². The molecule has 1 heterocycles. The van der Waals surface area contributed by atoms with Gasteiger partial charge in [-0.3, -0.25) is 0 Å². The number of rotatable bonds is 3. The topological polar surface area (TPSA) is 38.5 Å². The summed E-state index contributed by atoms with van der Waals surface area (Å²) in [6, 6.07) is 0.419. The zero-order chi connectivity index (χ0) is 12.0. The highest BCUT2D eigenvalue weighted by atomic mass is 16.5. The zero-order valence-corrected chi connectivity index (χ0v) is 11.1. The molecule has 2 rings (SSSR count). The second-order valence-corrected chi connectivity index (χ2v) is 4.86. The lowest BCUT2D eigenvalue weighted by atomic mass is 9.81. The third kappa shape index (κ3) is 4.04. The molecule has 1 aliphatic carbocycles. The maximum atomic E-state index is 5.95. The molecule has 3 heteroatoms. The van der Waals surface area contributed by atoms with Crippen LogP contribution < -0.4 is 5.73 Å². The minimum absolute atomic E-state index is 0.419. The van der Waals surface area contributed by atoms with Gasteiger partial charge in [0.25, 0.3) is 0 Å². The highest BCUT2D eigenvalue weighted by Gasteiger charge is 2.31. The van der Waals surface area contributed by atoms with Crippen LogP contribution in [0.2, 0.25) is 0 Å². The van der Waals surface area contributed by atoms with Crippen LogP contribution in [0.1, 0.15) is 39.5 Å². The van der Waals surface area contributed by atoms with E-state index in [9.17, 15) is 0 Å². The molecule has 0 amide bonds. The highest BCUT2D eigenvalue weighted by Crippen LogP contribution is 2.30. The Hall–Kier alpha value is -0.120. The van der Waals surface area contributed by atoms with E-state index in [4.69, 9.17) is 10.5 Å². The lowest BCUT2D eigenvalue weighted by molar-refractivity contribution is -0.0133. The Balaban J connectivity index is 0.000000606. The summed E-state index contributed by atoms with van der Waals surface area (Å²) in [6.07, 6.45) is 5.53. The van der Waals surface area contributed by atoms with E-state index in [1.165, 1.54) is 38.8 Å². The summed E-state index contributed by atoms with van der Waals surface area (Å²) < 4.78 is 5.28. The maximum absolute atomic E-state index is 5.95. The molecule has 0 radical (unpaired) electrons. The number of nitrogens with two attached hydrogens (primary N) is 1. The summed E-state index contributed by atoms with van der Waals surface area (Å²) >= 11 is 0. The molecule has 0 unspecified atom stereocenters. The van der Waals surface area contributed by atoms with E-state index in [1.54, 1.807) is 0 Å². The molecule has 1 saturated heterocycles. The van der Waals surface area contributed by atoms with E-state index in [-0.39, 0.29) is 0 Å². The molecule has 1 atom stereocenters. The van der Waals surface area contributed by atoms with Crippen LogP contribution in [0, 0.1) is 5.92 Å². The Bertz CT molecular complexity index is 181. The van der Waals surface area contributed by atoms with Gasteiger partial charge in [-0.25, -0.2) is 0 Å². The van der Waals surface area contributed by atoms with Crippen LogP contribution in [0.25, 0.3) is 0 Å². The van der Waals surface area contributed by atoms with Crippen molar-refractivity contribution in [1.82, 2.24) is 4.90 Å². The number of methoxy groups -OCH3 is 1. The summed E-state index contributed by atoms with van der Waals surface area (Å²) in [7, 11) is 1.82. The summed E-state index contributed by atoms with van der Waals surface area (Å²) in [5.74, 6) is 0.866. The molecular weight excluding hydrogens is 200 g/mol. The molecule has 0 spiro atoms. The first kappa shape index (κ1) is 13.9. The van der Waals surface area contributed by atoms with Gasteiger partial charge in [0.1, 0.15) is 0 Å². The fraction of sp³-hybridized carbons (Fsp3) is 1.00. The van der Waals surface area contributed by atoms with Crippen LogP contribution in [0.3, 0.4) is 0 Å². The van der Waals surface area contributed by atoms with Gasteiger partial charge in [0.2, 0.25) is 0 Å². The summed E-state index contributed by atoms with van der Waals surface area (Å²) in [4.78, 5) is 2.53. The van der Waals surface area contributed by atoms with Gasteiger partial charge in [-0.1, -0.05) is 13.8 Å². The van der Waals surface area contributed by atoms with E-state index in [1.807, 2.05) is 21.0 Å². The van der Waals surface area contributed by atoms with Gasteiger partial charge >= 0.3 is 0 Å². The quantitative estimate of drug-likeness (QED) is 0.801. The first-order chi connectivity index (χ1) is 7.78. The first-order valence-electron chi connectivity index (χ1n) is 6.78. The van der Waals surface area contributed by atoms with E-state index >= 15 is 0 Å².